The van der Waals surface area contributed by atoms with Crippen molar-refractivity contribution >= 4 is 0 Å². The van der Waals surface area contributed by atoms with Crippen LogP contribution in [0.5, 0.6) is 0 Å². The third-order valence-corrected chi connectivity index (χ3v) is 3.76. The molecule has 0 radical (unpaired) electrons. The highest BCUT2D eigenvalue weighted by Gasteiger charge is 2.55. The minimum atomic E-state index is -0.635. The van der Waals surface area contributed by atoms with Crippen LogP contribution in [-0.2, 0) is 25.6 Å². The molecule has 2 fully saturated rings. The van der Waals surface area contributed by atoms with Crippen molar-refractivity contribution < 1.29 is 18.9 Å². The fraction of sp³-hybridized carbons (Fsp3) is 0.529. The molecule has 0 spiro atoms. The normalized spacial score (nSPS) is 33.9. The molecule has 2 heterocycles. The number of hydrogen-bond donors (Lipinski definition) is 0. The van der Waals surface area contributed by atoms with Crippen molar-refractivity contribution in [3.8, 4) is 0 Å². The number of rotatable bonds is 4. The van der Waals surface area contributed by atoms with Gasteiger partial charge in [0.05, 0.1) is 6.61 Å². The average Bonchev–Trinajstić information content (AvgIpc) is 2.90. The molecule has 114 valence electrons. The molecular formula is C17H22O4. The first-order chi connectivity index (χ1) is 9.96. The van der Waals surface area contributed by atoms with Crippen LogP contribution in [0.3, 0.4) is 0 Å². The number of hydrogen-bond acceptors (Lipinski definition) is 4. The molecule has 0 bridgehead atoms. The summed E-state index contributed by atoms with van der Waals surface area (Å²) in [4.78, 5) is 0. The summed E-state index contributed by atoms with van der Waals surface area (Å²) in [5.41, 5.74) is 2.05. The lowest BCUT2D eigenvalue weighted by molar-refractivity contribution is -0.214. The Morgan fingerprint density at radius 2 is 1.95 bits per heavy atom. The Morgan fingerprint density at radius 3 is 2.62 bits per heavy atom. The van der Waals surface area contributed by atoms with E-state index in [0.29, 0.717) is 6.61 Å². The molecule has 2 aliphatic rings. The molecule has 1 aromatic carbocycles. The van der Waals surface area contributed by atoms with E-state index in [1.54, 1.807) is 0 Å². The molecule has 4 atom stereocenters. The summed E-state index contributed by atoms with van der Waals surface area (Å²) in [7, 11) is 0. The van der Waals surface area contributed by atoms with Crippen LogP contribution in [0.4, 0.5) is 0 Å². The molecule has 1 aromatic rings. The summed E-state index contributed by atoms with van der Waals surface area (Å²) in [6, 6.07) is 10.1. The zero-order valence-electron chi connectivity index (χ0n) is 12.7. The van der Waals surface area contributed by atoms with Crippen LogP contribution < -0.4 is 0 Å². The van der Waals surface area contributed by atoms with Crippen molar-refractivity contribution in [1.82, 2.24) is 0 Å². The summed E-state index contributed by atoms with van der Waals surface area (Å²) < 4.78 is 23.7. The van der Waals surface area contributed by atoms with Crippen LogP contribution in [-0.4, -0.2) is 30.4 Å². The van der Waals surface area contributed by atoms with Gasteiger partial charge in [-0.2, -0.15) is 0 Å². The van der Waals surface area contributed by atoms with Crippen LogP contribution >= 0.6 is 0 Å². The predicted molar refractivity (Wildman–Crippen MR) is 78.5 cm³/mol. The van der Waals surface area contributed by atoms with Gasteiger partial charge in [0.2, 0.25) is 0 Å². The smallest absolute Gasteiger partial charge is 0.190 e. The van der Waals surface area contributed by atoms with E-state index in [2.05, 4.69) is 6.58 Å². The summed E-state index contributed by atoms with van der Waals surface area (Å²) in [6.45, 7) is 10.2. The van der Waals surface area contributed by atoms with Gasteiger partial charge in [0.25, 0.3) is 0 Å². The fourth-order valence-corrected chi connectivity index (χ4v) is 2.82. The van der Waals surface area contributed by atoms with E-state index in [9.17, 15) is 0 Å². The second-order valence-corrected chi connectivity index (χ2v) is 6.13. The average molecular weight is 290 g/mol. The van der Waals surface area contributed by atoms with Gasteiger partial charge in [-0.1, -0.05) is 36.9 Å². The van der Waals surface area contributed by atoms with Gasteiger partial charge in [-0.3, -0.25) is 0 Å². The molecule has 0 aromatic heterocycles. The van der Waals surface area contributed by atoms with Crippen molar-refractivity contribution in [2.45, 2.75) is 57.8 Å². The third-order valence-electron chi connectivity index (χ3n) is 3.76. The van der Waals surface area contributed by atoms with Crippen molar-refractivity contribution in [3.63, 3.8) is 0 Å². The van der Waals surface area contributed by atoms with Crippen molar-refractivity contribution in [2.75, 3.05) is 0 Å². The molecule has 0 aliphatic carbocycles. The van der Waals surface area contributed by atoms with Crippen molar-refractivity contribution in [1.29, 1.82) is 0 Å². The van der Waals surface area contributed by atoms with Gasteiger partial charge in [0.1, 0.15) is 18.3 Å². The largest absolute Gasteiger partial charge is 0.368 e. The number of fused-ring (bicyclic) bond motifs is 1. The zero-order chi connectivity index (χ0) is 15.0. The minimum Gasteiger partial charge on any atom is -0.368 e. The molecule has 4 nitrogen and oxygen atoms in total. The van der Waals surface area contributed by atoms with E-state index in [-0.39, 0.29) is 24.6 Å². The number of benzene rings is 1. The second kappa shape index (κ2) is 5.54. The van der Waals surface area contributed by atoms with E-state index in [0.717, 1.165) is 11.1 Å². The van der Waals surface area contributed by atoms with Gasteiger partial charge < -0.3 is 18.9 Å². The maximum absolute atomic E-state index is 6.08. The van der Waals surface area contributed by atoms with E-state index in [4.69, 9.17) is 18.9 Å². The van der Waals surface area contributed by atoms with E-state index in [1.165, 1.54) is 0 Å². The van der Waals surface area contributed by atoms with Crippen molar-refractivity contribution in [3.05, 3.63) is 48.0 Å². The Hall–Kier alpha value is -1.20. The van der Waals surface area contributed by atoms with Gasteiger partial charge >= 0.3 is 0 Å². The molecular weight excluding hydrogens is 268 g/mol. The standard InChI is InChI=1S/C17H22O4/c1-11(2)13-14(18-10-12-8-6-5-7-9-12)15-16(19-13)21-17(3,4)20-15/h5-9,13-16H,1,10H2,2-4H3/t13-,14-,15-,16-/m1/s1. The molecule has 3 rings (SSSR count). The molecule has 4 heteroatoms. The first kappa shape index (κ1) is 14.7. The lowest BCUT2D eigenvalue weighted by atomic mass is 10.1. The van der Waals surface area contributed by atoms with E-state index in [1.807, 2.05) is 51.1 Å². The monoisotopic (exact) mass is 290 g/mol. The maximum Gasteiger partial charge on any atom is 0.190 e. The second-order valence-electron chi connectivity index (χ2n) is 6.13. The highest BCUT2D eigenvalue weighted by atomic mass is 16.8. The minimum absolute atomic E-state index is 0.195. The molecule has 2 aliphatic heterocycles. The first-order valence-electron chi connectivity index (χ1n) is 7.28. The highest BCUT2D eigenvalue weighted by molar-refractivity contribution is 5.14. The Labute approximate surface area is 125 Å². The van der Waals surface area contributed by atoms with Gasteiger partial charge in [-0.05, 0) is 31.9 Å². The Bertz CT molecular complexity index is 511. The van der Waals surface area contributed by atoms with Crippen LogP contribution in [0.2, 0.25) is 0 Å². The van der Waals surface area contributed by atoms with Crippen LogP contribution in [0.15, 0.2) is 42.5 Å². The summed E-state index contributed by atoms with van der Waals surface area (Å²) in [6.07, 6.45) is -0.998. The molecule has 21 heavy (non-hydrogen) atoms. The lowest BCUT2D eigenvalue weighted by Gasteiger charge is -2.26. The van der Waals surface area contributed by atoms with Gasteiger partial charge in [0.15, 0.2) is 12.1 Å². The Morgan fingerprint density at radius 1 is 1.24 bits per heavy atom. The molecule has 2 saturated heterocycles. The Kier molecular flexibility index (Phi) is 3.88. The predicted octanol–water partition coefficient (Wildman–Crippen LogP) is 3.02. The molecule has 0 N–H and O–H groups in total. The first-order valence-corrected chi connectivity index (χ1v) is 7.28. The maximum atomic E-state index is 6.08. The SMILES string of the molecule is C=C(C)[C@H]1O[C@@H]2OC(C)(C)O[C@@H]2[C@@H]1OCc1ccccc1. The number of ether oxygens (including phenoxy) is 4. The topological polar surface area (TPSA) is 36.9 Å². The van der Waals surface area contributed by atoms with Crippen LogP contribution in [0.25, 0.3) is 0 Å². The molecule has 0 saturated carbocycles. The summed E-state index contributed by atoms with van der Waals surface area (Å²) in [5.74, 6) is -0.635. The van der Waals surface area contributed by atoms with Crippen LogP contribution in [0, 0.1) is 0 Å². The fourth-order valence-electron chi connectivity index (χ4n) is 2.82. The van der Waals surface area contributed by atoms with Crippen molar-refractivity contribution in [2.24, 2.45) is 0 Å². The van der Waals surface area contributed by atoms with Gasteiger partial charge in [-0.25, -0.2) is 0 Å². The summed E-state index contributed by atoms with van der Waals surface area (Å²) >= 11 is 0. The van der Waals surface area contributed by atoms with Crippen LogP contribution in [0.1, 0.15) is 26.3 Å². The Balaban J connectivity index is 1.72. The summed E-state index contributed by atoms with van der Waals surface area (Å²) in [5, 5.41) is 0. The highest BCUT2D eigenvalue weighted by Crippen LogP contribution is 2.40. The van der Waals surface area contributed by atoms with Gasteiger partial charge in [0, 0.05) is 0 Å². The zero-order valence-corrected chi connectivity index (χ0v) is 12.7. The third kappa shape index (κ3) is 3.04. The van der Waals surface area contributed by atoms with E-state index >= 15 is 0 Å². The van der Waals surface area contributed by atoms with E-state index < -0.39 is 5.79 Å². The van der Waals surface area contributed by atoms with Gasteiger partial charge in [-0.15, -0.1) is 0 Å². The lowest BCUT2D eigenvalue weighted by Crippen LogP contribution is -2.37. The molecule has 0 unspecified atom stereocenters. The quantitative estimate of drug-likeness (QED) is 0.799. The molecule has 0 amide bonds.